The number of nitrogens with one attached hydrogen (secondary N) is 12. The number of ether oxygens (including phenoxy) is 1. The quantitative estimate of drug-likeness (QED) is 0.0602. The highest BCUT2D eigenvalue weighted by atomic mass is 16.5. The maximum absolute atomic E-state index is 15.1. The molecule has 0 aliphatic carbocycles. The van der Waals surface area contributed by atoms with Crippen molar-refractivity contribution in [3.63, 3.8) is 0 Å². The number of aliphatic hydroxyl groups is 1. The fraction of sp³-hybridized carbons (Fsp3) is 0.743. The van der Waals surface area contributed by atoms with Gasteiger partial charge in [-0.15, -0.1) is 0 Å². The third-order valence-electron chi connectivity index (χ3n) is 19.1. The molecule has 0 saturated carbocycles. The van der Waals surface area contributed by atoms with Crippen LogP contribution in [0, 0.1) is 35.5 Å². The Balaban J connectivity index is 1.83. The van der Waals surface area contributed by atoms with E-state index in [1.165, 1.54) is 4.90 Å². The lowest BCUT2D eigenvalue weighted by molar-refractivity contribution is -0.156. The Hall–Kier alpha value is -7.91. The first-order chi connectivity index (χ1) is 50.1. The van der Waals surface area contributed by atoms with Crippen LogP contribution in [0.15, 0.2) is 30.3 Å². The normalized spacial score (nSPS) is 28.0. The van der Waals surface area contributed by atoms with Crippen LogP contribution in [0.1, 0.15) is 185 Å². The number of carbonyl (C=O) groups is 13. The maximum atomic E-state index is 15.1. The smallest absolute Gasteiger partial charge is 0.249 e. The van der Waals surface area contributed by atoms with Crippen molar-refractivity contribution in [3.8, 4) is 0 Å². The van der Waals surface area contributed by atoms with E-state index in [0.29, 0.717) is 12.0 Å². The highest BCUT2D eigenvalue weighted by molar-refractivity contribution is 6.00. The number of nitrogens with two attached hydrogens (primary N) is 4. The summed E-state index contributed by atoms with van der Waals surface area (Å²) in [4.78, 5) is 190. The molecule has 15 atom stereocenters. The van der Waals surface area contributed by atoms with Crippen molar-refractivity contribution in [1.82, 2.24) is 68.7 Å². The van der Waals surface area contributed by atoms with E-state index in [9.17, 15) is 62.6 Å². The average Bonchev–Trinajstić information content (AvgIpc) is 1.53. The summed E-state index contributed by atoms with van der Waals surface area (Å²) in [5.74, 6) is -11.9. The SMILES string of the molecule is CC(C)C[C@@H]1NC(=O)[C@H](CCCN)NC(=O)[C@H](C(C)C)NC(=O)[C@@H]2CCCN2C(=O)[C@@H](Cc2ccccc2)NC(=O)[C@H](CC(C)C)NC(=O)[C@H](CCCN)NC(=O)[C@H](C(C)C)NC(=O)[C@H](CCCN)NC(=O)[C@H](CC(C)C)NC(=O)[C@H]2CC[C@H](O)[C@@H](CNC(=O)[C@H](C(C)C)NC(=O)[C@H](CCCN)NC1=O)O2. The van der Waals surface area contributed by atoms with Gasteiger partial charge in [-0.25, -0.2) is 0 Å². The van der Waals surface area contributed by atoms with Crippen LogP contribution in [0.3, 0.4) is 0 Å². The second-order valence-electron chi connectivity index (χ2n) is 30.7. The number of amides is 13. The van der Waals surface area contributed by atoms with Crippen LogP contribution in [-0.4, -0.2) is 217 Å². The molecule has 598 valence electrons. The number of hydrogen-bond acceptors (Lipinski definition) is 19. The van der Waals surface area contributed by atoms with Gasteiger partial charge < -0.3 is 101 Å². The number of aliphatic hydroxyl groups excluding tert-OH is 1. The van der Waals surface area contributed by atoms with E-state index in [4.69, 9.17) is 27.7 Å². The van der Waals surface area contributed by atoms with Crippen LogP contribution in [0.25, 0.3) is 0 Å². The first-order valence-electron chi connectivity index (χ1n) is 38.2. The largest absolute Gasteiger partial charge is 0.390 e. The van der Waals surface area contributed by atoms with E-state index < -0.39 is 185 Å². The Morgan fingerprint density at radius 1 is 0.406 bits per heavy atom. The Morgan fingerprint density at radius 2 is 0.745 bits per heavy atom. The third-order valence-corrected chi connectivity index (χ3v) is 19.1. The van der Waals surface area contributed by atoms with E-state index in [2.05, 4.69) is 63.8 Å². The van der Waals surface area contributed by atoms with Crippen molar-refractivity contribution < 1.29 is 72.2 Å². The number of nitrogens with zero attached hydrogens (tertiary/aromatic N) is 1. The number of benzene rings is 1. The van der Waals surface area contributed by atoms with Crippen LogP contribution in [-0.2, 0) is 73.5 Å². The molecule has 0 radical (unpaired) electrons. The second kappa shape index (κ2) is 45.7. The molecular weight excluding hydrogens is 1370 g/mol. The predicted octanol–water partition coefficient (Wildman–Crippen LogP) is -1.35. The van der Waals surface area contributed by atoms with E-state index in [-0.39, 0.29) is 153 Å². The molecule has 1 aromatic rings. The number of fused-ring (bicyclic) bond motifs is 3. The lowest BCUT2D eigenvalue weighted by Crippen LogP contribution is -2.62. The molecule has 4 rings (SSSR count). The summed E-state index contributed by atoms with van der Waals surface area (Å²) < 4.78 is 6.13. The molecular formula is C74H127N17O15. The zero-order valence-electron chi connectivity index (χ0n) is 64.5. The minimum absolute atomic E-state index is 0.00282. The zero-order valence-corrected chi connectivity index (χ0v) is 64.5. The van der Waals surface area contributed by atoms with Gasteiger partial charge in [0.1, 0.15) is 84.7 Å². The molecule has 0 unspecified atom stereocenters. The molecule has 32 heteroatoms. The molecule has 1 aromatic carbocycles. The molecule has 3 heterocycles. The molecule has 0 aromatic heterocycles. The topological polar surface area (TPSA) is 503 Å². The lowest BCUT2D eigenvalue weighted by Gasteiger charge is -2.35. The molecule has 3 aliphatic rings. The Labute approximate surface area is 625 Å². The van der Waals surface area contributed by atoms with Crippen molar-refractivity contribution in [1.29, 1.82) is 0 Å². The molecule has 32 nitrogen and oxygen atoms in total. The third kappa shape index (κ3) is 29.3. The maximum Gasteiger partial charge on any atom is 0.249 e. The van der Waals surface area contributed by atoms with Crippen molar-refractivity contribution >= 4 is 76.8 Å². The number of hydrogen-bond donors (Lipinski definition) is 17. The predicted molar refractivity (Wildman–Crippen MR) is 399 cm³/mol. The van der Waals surface area contributed by atoms with Crippen LogP contribution in [0.5, 0.6) is 0 Å². The molecule has 21 N–H and O–H groups in total. The molecule has 2 bridgehead atoms. The first kappa shape index (κ1) is 90.5. The lowest BCUT2D eigenvalue weighted by atomic mass is 9.98. The molecule has 106 heavy (non-hydrogen) atoms. The molecule has 0 spiro atoms. The van der Waals surface area contributed by atoms with Gasteiger partial charge in [0.2, 0.25) is 76.8 Å². The van der Waals surface area contributed by atoms with Gasteiger partial charge in [0, 0.05) is 19.5 Å². The summed E-state index contributed by atoms with van der Waals surface area (Å²) in [6, 6.07) is -6.37. The Bertz CT molecular complexity index is 3050. The molecule has 3 saturated heterocycles. The second-order valence-corrected chi connectivity index (χ2v) is 30.7. The van der Waals surface area contributed by atoms with Crippen LogP contribution in [0.2, 0.25) is 0 Å². The Morgan fingerprint density at radius 3 is 1.13 bits per heavy atom. The Kier molecular flexibility index (Phi) is 39.0. The summed E-state index contributed by atoms with van der Waals surface area (Å²) in [6.45, 7) is 21.2. The first-order valence-corrected chi connectivity index (χ1v) is 38.2. The minimum atomic E-state index is -1.31. The van der Waals surface area contributed by atoms with Gasteiger partial charge in [0.25, 0.3) is 0 Å². The highest BCUT2D eigenvalue weighted by Gasteiger charge is 2.43. The molecule has 3 aliphatic heterocycles. The standard InChI is InChI=1S/C74H127N17O15/c1-40(2)35-51-66(97)80-49(25-18-32-77)64(95)88-59(43(7)8)71(102)79-39-58-56(92)28-29-57(106-58)70(101)86-53(37-42(5)6)67(98)81-50(26-19-33-78)65(96)89-60(44(9)10)72(103)82-47(23-16-30-75)63(94)85-52(36-41(3)4)68(99)87-54(38-46-21-14-13-15-22-46)74(105)91-34-20-27-55(91)69(100)90-61(45(11)12)73(104)83-48(24-17-31-76)62(93)84-51/h13-15,21-22,40-45,47-61,92H,16-20,23-39,75-78H2,1-12H3,(H,79,102)(H,80,97)(H,81,98)(H,82,103)(H,83,104)(H,84,93)(H,85,94)(H,86,101)(H,87,99)(H,88,95)(H,89,96)(H,90,100)/t47-,48-,49-,50-,51-,52-,53-,54+,55-,56-,57+,58+,59-,60-,61-/m0/s1. The van der Waals surface area contributed by atoms with Crippen molar-refractivity contribution in [3.05, 3.63) is 35.9 Å². The van der Waals surface area contributed by atoms with Gasteiger partial charge in [-0.2, -0.15) is 0 Å². The van der Waals surface area contributed by atoms with Gasteiger partial charge in [-0.3, -0.25) is 62.3 Å². The fourth-order valence-electron chi connectivity index (χ4n) is 13.1. The van der Waals surface area contributed by atoms with Crippen LogP contribution < -0.4 is 86.7 Å². The van der Waals surface area contributed by atoms with Crippen molar-refractivity contribution in [2.24, 2.45) is 58.4 Å². The van der Waals surface area contributed by atoms with Gasteiger partial charge in [0.15, 0.2) is 0 Å². The van der Waals surface area contributed by atoms with E-state index in [1.54, 1.807) is 71.9 Å². The van der Waals surface area contributed by atoms with Crippen LogP contribution in [0.4, 0.5) is 0 Å². The molecule has 3 fully saturated rings. The summed E-state index contributed by atoms with van der Waals surface area (Å²) in [6.07, 6.45) is -1.76. The van der Waals surface area contributed by atoms with E-state index in [1.807, 2.05) is 41.5 Å². The molecule has 13 amide bonds. The number of rotatable bonds is 23. The zero-order chi connectivity index (χ0) is 79.1. The van der Waals surface area contributed by atoms with E-state index >= 15 is 4.79 Å². The summed E-state index contributed by atoms with van der Waals surface area (Å²) in [7, 11) is 0. The summed E-state index contributed by atoms with van der Waals surface area (Å²) in [5.41, 5.74) is 24.4. The summed E-state index contributed by atoms with van der Waals surface area (Å²) >= 11 is 0. The van der Waals surface area contributed by atoms with Crippen LogP contribution >= 0.6 is 0 Å². The van der Waals surface area contributed by atoms with E-state index in [0.717, 1.165) is 0 Å². The van der Waals surface area contributed by atoms with Gasteiger partial charge in [-0.1, -0.05) is 113 Å². The average molecular weight is 1490 g/mol. The highest BCUT2D eigenvalue weighted by Crippen LogP contribution is 2.24. The number of carbonyl (C=O) groups excluding carboxylic acids is 13. The fourth-order valence-corrected chi connectivity index (χ4v) is 13.1. The van der Waals surface area contributed by atoms with Crippen molar-refractivity contribution in [2.75, 3.05) is 39.3 Å². The monoisotopic (exact) mass is 1490 g/mol. The minimum Gasteiger partial charge on any atom is -0.390 e. The van der Waals surface area contributed by atoms with Gasteiger partial charge in [0.05, 0.1) is 6.10 Å². The van der Waals surface area contributed by atoms with Crippen molar-refractivity contribution in [2.45, 2.75) is 277 Å². The van der Waals surface area contributed by atoms with Gasteiger partial charge >= 0.3 is 0 Å². The summed E-state index contributed by atoms with van der Waals surface area (Å²) in [5, 5.41) is 44.6. The van der Waals surface area contributed by atoms with Gasteiger partial charge in [-0.05, 0) is 164 Å².